The molecule has 0 radical (unpaired) electrons. The third-order valence-corrected chi connectivity index (χ3v) is 4.15. The standard InChI is InChI=1S/C13H13ClN2OS2/c1-18-9-12(17)15-13-16(6-7-19-13)8-10-4-2-3-5-11(10)14/h2-7H,8-9H2,1H3. The molecule has 19 heavy (non-hydrogen) atoms. The Bertz CT molecular complexity index is 633. The second-order valence-electron chi connectivity index (χ2n) is 3.84. The van der Waals surface area contributed by atoms with Crippen molar-refractivity contribution in [2.45, 2.75) is 6.54 Å². The highest BCUT2D eigenvalue weighted by molar-refractivity contribution is 7.99. The maximum atomic E-state index is 11.6. The average Bonchev–Trinajstić information content (AvgIpc) is 2.80. The third-order valence-electron chi connectivity index (χ3n) is 2.45. The van der Waals surface area contributed by atoms with Crippen LogP contribution in [-0.4, -0.2) is 22.5 Å². The molecule has 2 aromatic rings. The van der Waals surface area contributed by atoms with Gasteiger partial charge in [-0.25, -0.2) is 0 Å². The molecule has 0 spiro atoms. The molecule has 0 unspecified atom stereocenters. The summed E-state index contributed by atoms with van der Waals surface area (Å²) in [5.74, 6) is 0.298. The molecule has 0 N–H and O–H groups in total. The van der Waals surface area contributed by atoms with E-state index in [2.05, 4.69) is 4.99 Å². The molecule has 0 aliphatic heterocycles. The summed E-state index contributed by atoms with van der Waals surface area (Å²) >= 11 is 9.06. The first-order valence-electron chi connectivity index (χ1n) is 5.64. The number of hydrogen-bond acceptors (Lipinski definition) is 3. The summed E-state index contributed by atoms with van der Waals surface area (Å²) in [6.45, 7) is 0.620. The molecule has 1 heterocycles. The molecule has 1 aromatic carbocycles. The van der Waals surface area contributed by atoms with Gasteiger partial charge in [0.1, 0.15) is 0 Å². The number of carbonyl (C=O) groups is 1. The minimum atomic E-state index is -0.108. The lowest BCUT2D eigenvalue weighted by atomic mass is 10.2. The van der Waals surface area contributed by atoms with E-state index in [0.717, 1.165) is 10.6 Å². The number of hydrogen-bond donors (Lipinski definition) is 0. The molecule has 0 bridgehead atoms. The number of thioether (sulfide) groups is 1. The number of amides is 1. The fraction of sp³-hybridized carbons (Fsp3) is 0.231. The topological polar surface area (TPSA) is 34.4 Å². The summed E-state index contributed by atoms with van der Waals surface area (Å²) in [6, 6.07) is 7.68. The van der Waals surface area contributed by atoms with Crippen LogP contribution in [0.4, 0.5) is 0 Å². The van der Waals surface area contributed by atoms with E-state index in [-0.39, 0.29) is 5.91 Å². The Balaban J connectivity index is 2.26. The minimum absolute atomic E-state index is 0.108. The zero-order chi connectivity index (χ0) is 13.7. The second-order valence-corrected chi connectivity index (χ2v) is 5.99. The summed E-state index contributed by atoms with van der Waals surface area (Å²) in [5, 5.41) is 2.64. The first-order valence-corrected chi connectivity index (χ1v) is 8.29. The second kappa shape index (κ2) is 6.93. The Morgan fingerprint density at radius 2 is 2.26 bits per heavy atom. The van der Waals surface area contributed by atoms with Crippen LogP contribution in [0.2, 0.25) is 5.02 Å². The van der Waals surface area contributed by atoms with Gasteiger partial charge in [0, 0.05) is 16.6 Å². The predicted molar refractivity (Wildman–Crippen MR) is 81.8 cm³/mol. The fourth-order valence-corrected chi connectivity index (χ4v) is 2.83. The van der Waals surface area contributed by atoms with Crippen LogP contribution >= 0.6 is 34.7 Å². The van der Waals surface area contributed by atoms with Gasteiger partial charge < -0.3 is 4.57 Å². The molecular weight excluding hydrogens is 300 g/mol. The Hall–Kier alpha value is -1.04. The smallest absolute Gasteiger partial charge is 0.258 e. The zero-order valence-electron chi connectivity index (χ0n) is 10.4. The maximum Gasteiger partial charge on any atom is 0.258 e. The van der Waals surface area contributed by atoms with Crippen molar-refractivity contribution in [3.05, 3.63) is 51.2 Å². The van der Waals surface area contributed by atoms with Gasteiger partial charge in [0.2, 0.25) is 0 Å². The number of halogens is 1. The van der Waals surface area contributed by atoms with Crippen LogP contribution in [0.1, 0.15) is 5.56 Å². The van der Waals surface area contributed by atoms with E-state index in [1.807, 2.05) is 46.7 Å². The normalized spacial score (nSPS) is 11.8. The maximum absolute atomic E-state index is 11.6. The summed E-state index contributed by atoms with van der Waals surface area (Å²) in [7, 11) is 0. The van der Waals surface area contributed by atoms with E-state index in [4.69, 9.17) is 11.6 Å². The number of nitrogens with zero attached hydrogens (tertiary/aromatic N) is 2. The van der Waals surface area contributed by atoms with Crippen molar-refractivity contribution in [3.8, 4) is 0 Å². The van der Waals surface area contributed by atoms with Gasteiger partial charge in [0.15, 0.2) is 4.80 Å². The SMILES string of the molecule is CSCC(=O)N=c1sccn1Cc1ccccc1Cl. The first-order chi connectivity index (χ1) is 9.20. The molecule has 1 amide bonds. The lowest BCUT2D eigenvalue weighted by molar-refractivity contribution is -0.115. The Kier molecular flexibility index (Phi) is 5.24. The van der Waals surface area contributed by atoms with Crippen LogP contribution in [0.5, 0.6) is 0 Å². The molecule has 0 saturated heterocycles. The number of benzene rings is 1. The molecule has 6 heteroatoms. The molecule has 0 saturated carbocycles. The van der Waals surface area contributed by atoms with Crippen molar-refractivity contribution >= 4 is 40.6 Å². The van der Waals surface area contributed by atoms with E-state index in [0.29, 0.717) is 17.1 Å². The number of rotatable bonds is 4. The quantitative estimate of drug-likeness (QED) is 0.869. The molecule has 0 atom stereocenters. The van der Waals surface area contributed by atoms with Crippen molar-refractivity contribution in [2.75, 3.05) is 12.0 Å². The van der Waals surface area contributed by atoms with Crippen LogP contribution in [-0.2, 0) is 11.3 Å². The average molecular weight is 313 g/mol. The van der Waals surface area contributed by atoms with Crippen LogP contribution in [0, 0.1) is 0 Å². The van der Waals surface area contributed by atoms with E-state index < -0.39 is 0 Å². The molecule has 1 aromatic heterocycles. The largest absolute Gasteiger partial charge is 0.319 e. The van der Waals surface area contributed by atoms with E-state index in [9.17, 15) is 4.79 Å². The molecule has 3 nitrogen and oxygen atoms in total. The van der Waals surface area contributed by atoms with Crippen LogP contribution in [0.15, 0.2) is 40.8 Å². The zero-order valence-corrected chi connectivity index (χ0v) is 12.8. The van der Waals surface area contributed by atoms with Gasteiger partial charge in [-0.05, 0) is 17.9 Å². The van der Waals surface area contributed by atoms with E-state index in [1.54, 1.807) is 0 Å². The predicted octanol–water partition coefficient (Wildman–Crippen LogP) is 3.04. The van der Waals surface area contributed by atoms with E-state index >= 15 is 0 Å². The van der Waals surface area contributed by atoms with Crippen LogP contribution in [0.3, 0.4) is 0 Å². The van der Waals surface area contributed by atoms with Crippen molar-refractivity contribution < 1.29 is 4.79 Å². The molecular formula is C13H13ClN2OS2. The molecule has 0 fully saturated rings. The van der Waals surface area contributed by atoms with Gasteiger partial charge >= 0.3 is 0 Å². The van der Waals surface area contributed by atoms with Crippen LogP contribution in [0.25, 0.3) is 0 Å². The van der Waals surface area contributed by atoms with Crippen molar-refractivity contribution in [1.29, 1.82) is 0 Å². The Morgan fingerprint density at radius 3 is 3.00 bits per heavy atom. The van der Waals surface area contributed by atoms with Gasteiger partial charge in [0.05, 0.1) is 12.3 Å². The molecule has 2 rings (SSSR count). The van der Waals surface area contributed by atoms with Gasteiger partial charge in [-0.2, -0.15) is 16.8 Å². The lowest BCUT2D eigenvalue weighted by Gasteiger charge is -2.05. The van der Waals surface area contributed by atoms with Gasteiger partial charge in [0.25, 0.3) is 5.91 Å². The fourth-order valence-electron chi connectivity index (χ4n) is 1.58. The van der Waals surface area contributed by atoms with Gasteiger partial charge in [-0.15, -0.1) is 11.3 Å². The third kappa shape index (κ3) is 3.96. The number of carbonyl (C=O) groups excluding carboxylic acids is 1. The molecule has 0 aliphatic carbocycles. The summed E-state index contributed by atoms with van der Waals surface area (Å²) in [6.07, 6.45) is 3.80. The van der Waals surface area contributed by atoms with E-state index in [1.165, 1.54) is 23.1 Å². The van der Waals surface area contributed by atoms with Gasteiger partial charge in [-0.1, -0.05) is 29.8 Å². The summed E-state index contributed by atoms with van der Waals surface area (Å²) in [4.78, 5) is 16.4. The Labute approximate surface area is 125 Å². The van der Waals surface area contributed by atoms with Crippen molar-refractivity contribution in [2.24, 2.45) is 4.99 Å². The van der Waals surface area contributed by atoms with Crippen LogP contribution < -0.4 is 4.80 Å². The molecule has 0 aliphatic rings. The number of aromatic nitrogens is 1. The number of thiazole rings is 1. The lowest BCUT2D eigenvalue weighted by Crippen LogP contribution is -2.17. The first kappa shape index (κ1) is 14.4. The highest BCUT2D eigenvalue weighted by atomic mass is 35.5. The van der Waals surface area contributed by atoms with Gasteiger partial charge in [-0.3, -0.25) is 4.79 Å². The van der Waals surface area contributed by atoms with Crippen molar-refractivity contribution in [3.63, 3.8) is 0 Å². The summed E-state index contributed by atoms with van der Waals surface area (Å²) < 4.78 is 1.93. The highest BCUT2D eigenvalue weighted by Gasteiger charge is 2.03. The highest BCUT2D eigenvalue weighted by Crippen LogP contribution is 2.15. The van der Waals surface area contributed by atoms with Crippen molar-refractivity contribution in [1.82, 2.24) is 4.57 Å². The Morgan fingerprint density at radius 1 is 1.47 bits per heavy atom. The monoisotopic (exact) mass is 312 g/mol. The minimum Gasteiger partial charge on any atom is -0.319 e. The summed E-state index contributed by atoms with van der Waals surface area (Å²) in [5.41, 5.74) is 1.02. The molecule has 100 valence electrons.